The minimum absolute atomic E-state index is 0.0266. The minimum Gasteiger partial charge on any atom is -0.386 e. The number of nitrogens with zero attached hydrogens (tertiary/aromatic N) is 1. The summed E-state index contributed by atoms with van der Waals surface area (Å²) in [5.41, 5.74) is 0.377. The van der Waals surface area contributed by atoms with Crippen molar-refractivity contribution in [3.05, 3.63) is 12.2 Å². The molecule has 1 amide bonds. The molecular formula is C9H13NO2. The number of hydrogen-bond acceptors (Lipinski definition) is 2. The van der Waals surface area contributed by atoms with Crippen molar-refractivity contribution in [1.82, 2.24) is 4.90 Å². The summed E-state index contributed by atoms with van der Waals surface area (Å²) in [6.45, 7) is 4.39. The van der Waals surface area contributed by atoms with Gasteiger partial charge in [-0.25, -0.2) is 0 Å². The highest BCUT2D eigenvalue weighted by Crippen LogP contribution is 2.30. The molecule has 12 heavy (non-hydrogen) atoms. The molecule has 0 aliphatic carbocycles. The van der Waals surface area contributed by atoms with E-state index >= 15 is 0 Å². The van der Waals surface area contributed by atoms with Crippen molar-refractivity contribution >= 4 is 5.91 Å². The Morgan fingerprint density at radius 3 is 2.92 bits per heavy atom. The zero-order valence-electron chi connectivity index (χ0n) is 6.99. The van der Waals surface area contributed by atoms with Gasteiger partial charge in [-0.3, -0.25) is 4.79 Å². The second-order valence-electron chi connectivity index (χ2n) is 3.53. The van der Waals surface area contributed by atoms with Gasteiger partial charge in [0.25, 0.3) is 5.91 Å². The second kappa shape index (κ2) is 2.59. The van der Waals surface area contributed by atoms with Gasteiger partial charge in [-0.05, 0) is 19.3 Å². The van der Waals surface area contributed by atoms with E-state index in [1.54, 1.807) is 4.90 Å². The average molecular weight is 167 g/mol. The van der Waals surface area contributed by atoms with Gasteiger partial charge in [-0.1, -0.05) is 6.58 Å². The second-order valence-corrected chi connectivity index (χ2v) is 3.53. The molecule has 0 aromatic carbocycles. The number of aliphatic hydroxyl groups is 1. The number of rotatable bonds is 0. The predicted octanol–water partition coefficient (Wildman–Crippen LogP) is 0.298. The first-order chi connectivity index (χ1) is 5.72. The van der Waals surface area contributed by atoms with Crippen LogP contribution in [0.4, 0.5) is 0 Å². The van der Waals surface area contributed by atoms with E-state index < -0.39 is 6.10 Å². The molecule has 2 aliphatic rings. The summed E-state index contributed by atoms with van der Waals surface area (Å²) in [4.78, 5) is 13.2. The molecule has 0 aromatic rings. The summed E-state index contributed by atoms with van der Waals surface area (Å²) in [5.74, 6) is -0.0489. The third-order valence-electron chi connectivity index (χ3n) is 2.81. The van der Waals surface area contributed by atoms with Gasteiger partial charge in [-0.15, -0.1) is 0 Å². The molecule has 66 valence electrons. The molecule has 0 radical (unpaired) electrons. The number of fused-ring (bicyclic) bond motifs is 1. The smallest absolute Gasteiger partial charge is 0.252 e. The summed E-state index contributed by atoms with van der Waals surface area (Å²) in [5, 5.41) is 9.60. The fourth-order valence-corrected chi connectivity index (χ4v) is 2.08. The Morgan fingerprint density at radius 1 is 1.50 bits per heavy atom. The Labute approximate surface area is 71.7 Å². The summed E-state index contributed by atoms with van der Waals surface area (Å²) in [6.07, 6.45) is 2.48. The summed E-state index contributed by atoms with van der Waals surface area (Å²) in [7, 11) is 0. The van der Waals surface area contributed by atoms with Crippen LogP contribution in [0.2, 0.25) is 0 Å². The highest BCUT2D eigenvalue weighted by Gasteiger charge is 2.42. The lowest BCUT2D eigenvalue weighted by molar-refractivity contribution is -0.127. The maximum atomic E-state index is 11.4. The van der Waals surface area contributed by atoms with Gasteiger partial charge in [0.05, 0.1) is 6.04 Å². The van der Waals surface area contributed by atoms with E-state index in [2.05, 4.69) is 6.58 Å². The van der Waals surface area contributed by atoms with Crippen molar-refractivity contribution in [3.63, 3.8) is 0 Å². The van der Waals surface area contributed by atoms with Crippen LogP contribution in [0.1, 0.15) is 19.3 Å². The van der Waals surface area contributed by atoms with E-state index in [1.165, 1.54) is 0 Å². The first-order valence-electron chi connectivity index (χ1n) is 4.39. The lowest BCUT2D eigenvalue weighted by Gasteiger charge is -2.30. The zero-order valence-corrected chi connectivity index (χ0v) is 6.99. The number of hydrogen-bond donors (Lipinski definition) is 1. The Kier molecular flexibility index (Phi) is 1.68. The Hall–Kier alpha value is -0.830. The molecule has 1 N–H and O–H groups in total. The van der Waals surface area contributed by atoms with E-state index in [9.17, 15) is 9.90 Å². The molecule has 3 nitrogen and oxygen atoms in total. The fraction of sp³-hybridized carbons (Fsp3) is 0.667. The quantitative estimate of drug-likeness (QED) is 0.527. The molecule has 0 aromatic heterocycles. The van der Waals surface area contributed by atoms with Gasteiger partial charge in [0.15, 0.2) is 0 Å². The van der Waals surface area contributed by atoms with Crippen LogP contribution in [0.3, 0.4) is 0 Å². The van der Waals surface area contributed by atoms with Crippen molar-refractivity contribution in [1.29, 1.82) is 0 Å². The van der Waals surface area contributed by atoms with Gasteiger partial charge >= 0.3 is 0 Å². The number of piperidine rings is 1. The van der Waals surface area contributed by atoms with Crippen LogP contribution in [0.25, 0.3) is 0 Å². The molecule has 2 unspecified atom stereocenters. The largest absolute Gasteiger partial charge is 0.386 e. The Morgan fingerprint density at radius 2 is 2.25 bits per heavy atom. The zero-order chi connectivity index (χ0) is 8.72. The Bertz CT molecular complexity index is 237. The maximum absolute atomic E-state index is 11.4. The molecule has 2 fully saturated rings. The Balaban J connectivity index is 2.25. The van der Waals surface area contributed by atoms with E-state index in [0.717, 1.165) is 25.8 Å². The van der Waals surface area contributed by atoms with Crippen LogP contribution < -0.4 is 0 Å². The third kappa shape index (κ3) is 0.894. The third-order valence-corrected chi connectivity index (χ3v) is 2.81. The average Bonchev–Trinajstić information content (AvgIpc) is 2.33. The van der Waals surface area contributed by atoms with Crippen molar-refractivity contribution in [2.45, 2.75) is 31.4 Å². The van der Waals surface area contributed by atoms with Crippen molar-refractivity contribution in [2.75, 3.05) is 6.54 Å². The number of aliphatic hydroxyl groups excluding tert-OH is 1. The van der Waals surface area contributed by atoms with Crippen LogP contribution in [-0.4, -0.2) is 34.6 Å². The molecule has 0 bridgehead atoms. The van der Waals surface area contributed by atoms with Crippen LogP contribution in [-0.2, 0) is 4.79 Å². The number of carbonyl (C=O) groups is 1. The van der Waals surface area contributed by atoms with Crippen LogP contribution >= 0.6 is 0 Å². The molecule has 0 spiro atoms. The van der Waals surface area contributed by atoms with E-state index in [1.807, 2.05) is 0 Å². The van der Waals surface area contributed by atoms with Crippen LogP contribution in [0.15, 0.2) is 12.2 Å². The number of amides is 1. The number of carbonyl (C=O) groups excluding carboxylic acids is 1. The molecule has 2 heterocycles. The van der Waals surface area contributed by atoms with Crippen molar-refractivity contribution in [2.24, 2.45) is 0 Å². The van der Waals surface area contributed by atoms with E-state index in [4.69, 9.17) is 0 Å². The molecule has 2 atom stereocenters. The van der Waals surface area contributed by atoms with E-state index in [-0.39, 0.29) is 11.9 Å². The molecule has 3 heteroatoms. The molecule has 2 rings (SSSR count). The van der Waals surface area contributed by atoms with Gasteiger partial charge in [0, 0.05) is 12.1 Å². The maximum Gasteiger partial charge on any atom is 0.252 e. The molecule has 2 saturated heterocycles. The highest BCUT2D eigenvalue weighted by molar-refractivity contribution is 5.97. The standard InChI is InChI=1S/C9H13NO2/c1-6-8(11)7-4-2-3-5-10(7)9(6)12/h7-8,11H,1-5H2. The van der Waals surface area contributed by atoms with Gasteiger partial charge in [-0.2, -0.15) is 0 Å². The normalized spacial score (nSPS) is 35.6. The monoisotopic (exact) mass is 167 g/mol. The lowest BCUT2D eigenvalue weighted by Crippen LogP contribution is -2.40. The van der Waals surface area contributed by atoms with E-state index in [0.29, 0.717) is 5.57 Å². The minimum atomic E-state index is -0.613. The predicted molar refractivity (Wildman–Crippen MR) is 44.5 cm³/mol. The summed E-state index contributed by atoms with van der Waals surface area (Å²) >= 11 is 0. The van der Waals surface area contributed by atoms with Crippen molar-refractivity contribution in [3.8, 4) is 0 Å². The van der Waals surface area contributed by atoms with Gasteiger partial charge < -0.3 is 10.0 Å². The summed E-state index contributed by atoms with van der Waals surface area (Å²) < 4.78 is 0. The summed E-state index contributed by atoms with van der Waals surface area (Å²) in [6, 6.07) is 0.0266. The fourth-order valence-electron chi connectivity index (χ4n) is 2.08. The topological polar surface area (TPSA) is 40.5 Å². The lowest BCUT2D eigenvalue weighted by atomic mass is 10.00. The first kappa shape index (κ1) is 7.80. The molecular weight excluding hydrogens is 154 g/mol. The van der Waals surface area contributed by atoms with Crippen LogP contribution in [0, 0.1) is 0 Å². The van der Waals surface area contributed by atoms with Crippen LogP contribution in [0.5, 0.6) is 0 Å². The van der Waals surface area contributed by atoms with Gasteiger partial charge in [0.1, 0.15) is 6.10 Å². The first-order valence-corrected chi connectivity index (χ1v) is 4.39. The highest BCUT2D eigenvalue weighted by atomic mass is 16.3. The molecule has 0 saturated carbocycles. The SMILES string of the molecule is C=C1C(=O)N2CCCCC2C1O. The van der Waals surface area contributed by atoms with Crippen molar-refractivity contribution < 1.29 is 9.90 Å². The molecule has 2 aliphatic heterocycles. The van der Waals surface area contributed by atoms with Gasteiger partial charge in [0.2, 0.25) is 0 Å².